The van der Waals surface area contributed by atoms with Crippen molar-refractivity contribution in [3.63, 3.8) is 0 Å². The highest BCUT2D eigenvalue weighted by Gasteiger charge is 2.03. The molecule has 0 aromatic heterocycles. The summed E-state index contributed by atoms with van der Waals surface area (Å²) in [5.41, 5.74) is 2.85. The van der Waals surface area contributed by atoms with Crippen molar-refractivity contribution in [3.8, 4) is 11.5 Å². The van der Waals surface area contributed by atoms with Gasteiger partial charge in [-0.05, 0) is 49.2 Å². The monoisotopic (exact) mass is 244 g/mol. The van der Waals surface area contributed by atoms with E-state index in [1.807, 2.05) is 25.1 Å². The van der Waals surface area contributed by atoms with Gasteiger partial charge in [0.1, 0.15) is 11.5 Å². The van der Waals surface area contributed by atoms with Crippen LogP contribution in [0.15, 0.2) is 42.5 Å². The van der Waals surface area contributed by atoms with Gasteiger partial charge in [-0.1, -0.05) is 18.2 Å². The van der Waals surface area contributed by atoms with Crippen molar-refractivity contribution in [1.29, 1.82) is 0 Å². The number of ether oxygens (including phenoxy) is 1. The summed E-state index contributed by atoms with van der Waals surface area (Å²) in [5, 5.41) is 18.0. The molecule has 18 heavy (non-hydrogen) atoms. The van der Waals surface area contributed by atoms with E-state index in [-0.39, 0.29) is 0 Å². The number of aryl methyl sites for hydroxylation is 2. The Kier molecular flexibility index (Phi) is 3.65. The maximum absolute atomic E-state index is 8.99. The predicted molar refractivity (Wildman–Crippen MR) is 69.6 cm³/mol. The first kappa shape index (κ1) is 12.6. The molecule has 0 bridgehead atoms. The van der Waals surface area contributed by atoms with Gasteiger partial charge in [-0.25, -0.2) is 0 Å². The Hall–Kier alpha value is -1.84. The van der Waals surface area contributed by atoms with E-state index in [9.17, 15) is 0 Å². The molecule has 0 spiro atoms. The quantitative estimate of drug-likeness (QED) is 0.816. The van der Waals surface area contributed by atoms with Crippen molar-refractivity contribution in [2.45, 2.75) is 20.1 Å². The van der Waals surface area contributed by atoms with Crippen LogP contribution in [0.2, 0.25) is 0 Å². The first-order chi connectivity index (χ1) is 8.56. The van der Waals surface area contributed by atoms with Crippen LogP contribution in [0, 0.1) is 13.8 Å². The van der Waals surface area contributed by atoms with Gasteiger partial charge in [0.2, 0.25) is 0 Å². The lowest BCUT2D eigenvalue weighted by Crippen LogP contribution is -1.94. The molecule has 2 rings (SSSR count). The second-order valence-corrected chi connectivity index (χ2v) is 4.29. The number of benzene rings is 2. The van der Waals surface area contributed by atoms with Crippen molar-refractivity contribution >= 4 is 0 Å². The van der Waals surface area contributed by atoms with Gasteiger partial charge >= 0.3 is 0 Å². The standard InChI is InChI=1S/C15H16O3/c1-10-3-6-14(9-11(10)2)18-13-7-4-12(5-8-13)15(16)17/h3-9,15-17H,1-2H3. The van der Waals surface area contributed by atoms with Crippen LogP contribution in [0.1, 0.15) is 23.0 Å². The molecule has 0 amide bonds. The summed E-state index contributed by atoms with van der Waals surface area (Å²) in [6.07, 6.45) is -1.44. The summed E-state index contributed by atoms with van der Waals surface area (Å²) in [6, 6.07) is 12.6. The van der Waals surface area contributed by atoms with Gasteiger partial charge in [-0.2, -0.15) is 0 Å². The molecule has 0 aliphatic carbocycles. The van der Waals surface area contributed by atoms with Crippen LogP contribution in [0.3, 0.4) is 0 Å². The van der Waals surface area contributed by atoms with E-state index in [1.165, 1.54) is 11.1 Å². The van der Waals surface area contributed by atoms with Crippen LogP contribution in [-0.2, 0) is 0 Å². The molecule has 94 valence electrons. The molecule has 3 heteroatoms. The molecule has 2 aromatic carbocycles. The Morgan fingerprint density at radius 3 is 2.00 bits per heavy atom. The average molecular weight is 244 g/mol. The Labute approximate surface area is 106 Å². The minimum atomic E-state index is -1.44. The molecule has 2 N–H and O–H groups in total. The fourth-order valence-corrected chi connectivity index (χ4v) is 1.62. The number of hydrogen-bond donors (Lipinski definition) is 2. The fraction of sp³-hybridized carbons (Fsp3) is 0.200. The first-order valence-electron chi connectivity index (χ1n) is 5.77. The number of rotatable bonds is 3. The van der Waals surface area contributed by atoms with Crippen molar-refractivity contribution in [3.05, 3.63) is 59.2 Å². The molecule has 0 saturated carbocycles. The van der Waals surface area contributed by atoms with Gasteiger partial charge in [-0.3, -0.25) is 0 Å². The summed E-state index contributed by atoms with van der Waals surface area (Å²) in [5.74, 6) is 1.44. The molecule has 0 aliphatic heterocycles. The summed E-state index contributed by atoms with van der Waals surface area (Å²) in [4.78, 5) is 0. The van der Waals surface area contributed by atoms with E-state index in [2.05, 4.69) is 6.92 Å². The largest absolute Gasteiger partial charge is 0.457 e. The molecule has 0 radical (unpaired) electrons. The summed E-state index contributed by atoms with van der Waals surface area (Å²) in [6.45, 7) is 4.09. The van der Waals surface area contributed by atoms with Crippen molar-refractivity contribution in [2.75, 3.05) is 0 Å². The predicted octanol–water partition coefficient (Wildman–Crippen LogP) is 3.08. The molecule has 0 atom stereocenters. The molecule has 0 heterocycles. The third-order valence-corrected chi connectivity index (χ3v) is 2.89. The Morgan fingerprint density at radius 1 is 0.833 bits per heavy atom. The lowest BCUT2D eigenvalue weighted by atomic mass is 10.1. The van der Waals surface area contributed by atoms with E-state index in [4.69, 9.17) is 14.9 Å². The van der Waals surface area contributed by atoms with Crippen molar-refractivity contribution in [2.24, 2.45) is 0 Å². The van der Waals surface area contributed by atoms with E-state index >= 15 is 0 Å². The van der Waals surface area contributed by atoms with E-state index in [0.29, 0.717) is 11.3 Å². The molecular weight excluding hydrogens is 228 g/mol. The van der Waals surface area contributed by atoms with E-state index in [1.54, 1.807) is 24.3 Å². The summed E-state index contributed by atoms with van der Waals surface area (Å²) < 4.78 is 5.69. The molecular formula is C15H16O3. The third kappa shape index (κ3) is 2.88. The molecule has 0 saturated heterocycles. The van der Waals surface area contributed by atoms with Gasteiger partial charge < -0.3 is 14.9 Å². The van der Waals surface area contributed by atoms with Crippen molar-refractivity contribution in [1.82, 2.24) is 0 Å². The van der Waals surface area contributed by atoms with Crippen LogP contribution >= 0.6 is 0 Å². The second-order valence-electron chi connectivity index (χ2n) is 4.29. The van der Waals surface area contributed by atoms with Gasteiger partial charge in [0.25, 0.3) is 0 Å². The highest BCUT2D eigenvalue weighted by atomic mass is 16.5. The molecule has 0 fully saturated rings. The second kappa shape index (κ2) is 5.21. The van der Waals surface area contributed by atoms with E-state index < -0.39 is 6.29 Å². The smallest absolute Gasteiger partial charge is 0.178 e. The van der Waals surface area contributed by atoms with Crippen LogP contribution in [0.4, 0.5) is 0 Å². The van der Waals surface area contributed by atoms with Gasteiger partial charge in [0.05, 0.1) is 0 Å². The third-order valence-electron chi connectivity index (χ3n) is 2.89. The Balaban J connectivity index is 2.15. The van der Waals surface area contributed by atoms with Gasteiger partial charge in [0.15, 0.2) is 6.29 Å². The normalized spacial score (nSPS) is 10.7. The summed E-state index contributed by atoms with van der Waals surface area (Å²) >= 11 is 0. The topological polar surface area (TPSA) is 49.7 Å². The lowest BCUT2D eigenvalue weighted by molar-refractivity contribution is -0.0424. The minimum absolute atomic E-state index is 0.447. The summed E-state index contributed by atoms with van der Waals surface area (Å²) in [7, 11) is 0. The Morgan fingerprint density at radius 2 is 1.44 bits per heavy atom. The zero-order valence-corrected chi connectivity index (χ0v) is 10.4. The Bertz CT molecular complexity index is 530. The first-order valence-corrected chi connectivity index (χ1v) is 5.77. The minimum Gasteiger partial charge on any atom is -0.457 e. The van der Waals surface area contributed by atoms with Crippen LogP contribution in [-0.4, -0.2) is 10.2 Å². The van der Waals surface area contributed by atoms with Crippen LogP contribution in [0.25, 0.3) is 0 Å². The highest BCUT2D eigenvalue weighted by Crippen LogP contribution is 2.24. The van der Waals surface area contributed by atoms with Gasteiger partial charge in [-0.15, -0.1) is 0 Å². The fourth-order valence-electron chi connectivity index (χ4n) is 1.62. The average Bonchev–Trinajstić information content (AvgIpc) is 2.34. The van der Waals surface area contributed by atoms with Crippen LogP contribution < -0.4 is 4.74 Å². The molecule has 0 unspecified atom stereocenters. The van der Waals surface area contributed by atoms with Crippen molar-refractivity contribution < 1.29 is 14.9 Å². The lowest BCUT2D eigenvalue weighted by Gasteiger charge is -2.09. The maximum atomic E-state index is 8.99. The van der Waals surface area contributed by atoms with Crippen LogP contribution in [0.5, 0.6) is 11.5 Å². The SMILES string of the molecule is Cc1ccc(Oc2ccc(C(O)O)cc2)cc1C. The zero-order valence-electron chi connectivity index (χ0n) is 10.4. The maximum Gasteiger partial charge on any atom is 0.178 e. The van der Waals surface area contributed by atoms with E-state index in [0.717, 1.165) is 5.75 Å². The van der Waals surface area contributed by atoms with Gasteiger partial charge in [0, 0.05) is 5.56 Å². The number of aliphatic hydroxyl groups excluding tert-OH is 1. The molecule has 2 aromatic rings. The zero-order chi connectivity index (χ0) is 13.1. The molecule has 0 aliphatic rings. The number of aliphatic hydroxyl groups is 2. The number of hydrogen-bond acceptors (Lipinski definition) is 3. The molecule has 3 nitrogen and oxygen atoms in total. The highest BCUT2D eigenvalue weighted by molar-refractivity contribution is 5.38.